The Morgan fingerprint density at radius 1 is 1.08 bits per heavy atom. The second kappa shape index (κ2) is 8.62. The Bertz CT molecular complexity index is 1100. The molecule has 0 saturated heterocycles. The van der Waals surface area contributed by atoms with Crippen molar-refractivity contribution < 1.29 is 17.7 Å². The van der Waals surface area contributed by atoms with Gasteiger partial charge < -0.3 is 4.74 Å². The Labute approximate surface area is 186 Å². The Hall–Kier alpha value is -0.580. The molecule has 0 saturated carbocycles. The van der Waals surface area contributed by atoms with E-state index in [2.05, 4.69) is 6.07 Å². The SMILES string of the molecule is COc1ccc(-c2c(-c3cccc(C)c3)ssc2=S)cc1S(=O)(=O)O.[NaH]. The summed E-state index contributed by atoms with van der Waals surface area (Å²) in [7, 11) is -0.0407. The first-order valence-electron chi connectivity index (χ1n) is 7.17. The molecule has 3 aromatic rings. The first-order chi connectivity index (χ1) is 11.8. The molecule has 0 aliphatic rings. The summed E-state index contributed by atoms with van der Waals surface area (Å²) >= 11 is 5.47. The van der Waals surface area contributed by atoms with Crippen LogP contribution in [0.15, 0.2) is 47.4 Å². The van der Waals surface area contributed by atoms with Crippen molar-refractivity contribution >= 4 is 72.6 Å². The molecule has 1 heterocycles. The van der Waals surface area contributed by atoms with E-state index in [9.17, 15) is 13.0 Å². The van der Waals surface area contributed by atoms with E-state index in [0.29, 0.717) is 9.39 Å². The van der Waals surface area contributed by atoms with Gasteiger partial charge >= 0.3 is 29.6 Å². The van der Waals surface area contributed by atoms with E-state index >= 15 is 0 Å². The monoisotopic (exact) mass is 434 g/mol. The van der Waals surface area contributed by atoms with Crippen molar-refractivity contribution in [3.63, 3.8) is 0 Å². The molecule has 3 rings (SSSR count). The van der Waals surface area contributed by atoms with Gasteiger partial charge in [-0.05, 0) is 30.2 Å². The van der Waals surface area contributed by atoms with Crippen molar-refractivity contribution in [1.29, 1.82) is 0 Å². The van der Waals surface area contributed by atoms with Gasteiger partial charge in [0, 0.05) is 5.56 Å². The second-order valence-electron chi connectivity index (χ2n) is 5.37. The van der Waals surface area contributed by atoms with Gasteiger partial charge in [-0.2, -0.15) is 8.42 Å². The molecule has 4 nitrogen and oxygen atoms in total. The summed E-state index contributed by atoms with van der Waals surface area (Å²) in [6.45, 7) is 2.01. The van der Waals surface area contributed by atoms with Crippen molar-refractivity contribution in [3.8, 4) is 27.3 Å². The van der Waals surface area contributed by atoms with Crippen LogP contribution in [0.25, 0.3) is 21.6 Å². The van der Waals surface area contributed by atoms with Crippen LogP contribution in [-0.4, -0.2) is 49.6 Å². The van der Waals surface area contributed by atoms with Crippen LogP contribution in [-0.2, 0) is 10.1 Å². The van der Waals surface area contributed by atoms with E-state index < -0.39 is 10.1 Å². The zero-order valence-corrected chi connectivity index (χ0v) is 16.6. The number of hydrogen-bond acceptors (Lipinski definition) is 6. The van der Waals surface area contributed by atoms with Gasteiger partial charge in [0.15, 0.2) is 0 Å². The number of methoxy groups -OCH3 is 1. The summed E-state index contributed by atoms with van der Waals surface area (Å²) in [5, 5.41) is 0. The molecule has 0 unspecified atom stereocenters. The summed E-state index contributed by atoms with van der Waals surface area (Å²) < 4.78 is 38.6. The molecule has 0 fully saturated rings. The van der Waals surface area contributed by atoms with Crippen LogP contribution >= 0.6 is 32.9 Å². The fraction of sp³-hybridized carbons (Fsp3) is 0.118. The molecule has 0 radical (unpaired) electrons. The molecule has 0 amide bonds. The Morgan fingerprint density at radius 2 is 1.81 bits per heavy atom. The second-order valence-corrected chi connectivity index (χ2v) is 9.57. The van der Waals surface area contributed by atoms with Gasteiger partial charge in [-0.3, -0.25) is 4.55 Å². The van der Waals surface area contributed by atoms with Crippen molar-refractivity contribution in [2.75, 3.05) is 7.11 Å². The number of benzene rings is 2. The summed E-state index contributed by atoms with van der Waals surface area (Å²) in [5.74, 6) is 0.0909. The van der Waals surface area contributed by atoms with Gasteiger partial charge in [0.05, 0.1) is 12.0 Å². The van der Waals surface area contributed by atoms with E-state index in [1.165, 1.54) is 29.6 Å². The average Bonchev–Trinajstić information content (AvgIpc) is 2.95. The molecule has 132 valence electrons. The summed E-state index contributed by atoms with van der Waals surface area (Å²) in [6.07, 6.45) is 0. The van der Waals surface area contributed by atoms with Crippen LogP contribution in [0.3, 0.4) is 0 Å². The van der Waals surface area contributed by atoms with E-state index in [1.54, 1.807) is 16.4 Å². The zero-order valence-electron chi connectivity index (χ0n) is 13.3. The van der Waals surface area contributed by atoms with Gasteiger partial charge in [-0.25, -0.2) is 0 Å². The summed E-state index contributed by atoms with van der Waals surface area (Å²) in [5.41, 5.74) is 3.58. The molecule has 9 heteroatoms. The molecule has 0 aliphatic heterocycles. The van der Waals surface area contributed by atoms with Crippen LogP contribution in [0.5, 0.6) is 5.75 Å². The molecule has 0 spiro atoms. The van der Waals surface area contributed by atoms with E-state index in [0.717, 1.165) is 21.6 Å². The number of ether oxygens (including phenoxy) is 1. The van der Waals surface area contributed by atoms with Crippen LogP contribution in [0.2, 0.25) is 0 Å². The van der Waals surface area contributed by atoms with Crippen molar-refractivity contribution in [2.45, 2.75) is 11.8 Å². The van der Waals surface area contributed by atoms with Gasteiger partial charge in [0.2, 0.25) is 0 Å². The predicted molar refractivity (Wildman–Crippen MR) is 112 cm³/mol. The quantitative estimate of drug-likeness (QED) is 0.277. The molecule has 0 atom stereocenters. The molecular formula is C17H15NaO4S4. The van der Waals surface area contributed by atoms with Gasteiger partial charge in [0.1, 0.15) is 14.5 Å². The van der Waals surface area contributed by atoms with Gasteiger partial charge in [0.25, 0.3) is 10.1 Å². The Kier molecular flexibility index (Phi) is 7.20. The minimum atomic E-state index is -4.41. The minimum absolute atomic E-state index is 0. The zero-order chi connectivity index (χ0) is 18.2. The molecule has 2 aromatic carbocycles. The fourth-order valence-corrected chi connectivity index (χ4v) is 6.11. The molecule has 1 aromatic heterocycles. The van der Waals surface area contributed by atoms with Crippen LogP contribution in [0, 0.1) is 10.7 Å². The predicted octanol–water partition coefficient (Wildman–Crippen LogP) is 4.79. The average molecular weight is 435 g/mol. The first kappa shape index (κ1) is 21.7. The van der Waals surface area contributed by atoms with Gasteiger partial charge in [-0.1, -0.05) is 68.8 Å². The third-order valence-electron chi connectivity index (χ3n) is 3.64. The van der Waals surface area contributed by atoms with E-state index in [-0.39, 0.29) is 40.2 Å². The molecule has 0 aliphatic carbocycles. The van der Waals surface area contributed by atoms with Gasteiger partial charge in [-0.15, -0.1) is 0 Å². The maximum absolute atomic E-state index is 11.7. The van der Waals surface area contributed by atoms with Crippen molar-refractivity contribution in [1.82, 2.24) is 0 Å². The van der Waals surface area contributed by atoms with E-state index in [1.807, 2.05) is 25.1 Å². The number of hydrogen-bond donors (Lipinski definition) is 1. The summed E-state index contributed by atoms with van der Waals surface area (Å²) in [4.78, 5) is 0.707. The van der Waals surface area contributed by atoms with Crippen LogP contribution in [0.4, 0.5) is 0 Å². The topological polar surface area (TPSA) is 63.6 Å². The molecular weight excluding hydrogens is 419 g/mol. The van der Waals surface area contributed by atoms with Crippen molar-refractivity contribution in [3.05, 3.63) is 51.9 Å². The van der Waals surface area contributed by atoms with Crippen LogP contribution < -0.4 is 4.74 Å². The molecule has 0 bridgehead atoms. The molecule has 26 heavy (non-hydrogen) atoms. The Balaban J connectivity index is 0.00000243. The van der Waals surface area contributed by atoms with Crippen LogP contribution in [0.1, 0.15) is 5.56 Å². The molecule has 1 N–H and O–H groups in total. The maximum atomic E-state index is 11.7. The number of rotatable bonds is 4. The Morgan fingerprint density at radius 3 is 2.42 bits per heavy atom. The third-order valence-corrected chi connectivity index (χ3v) is 7.58. The third kappa shape index (κ3) is 4.45. The number of aryl methyl sites for hydroxylation is 1. The fourth-order valence-electron chi connectivity index (χ4n) is 2.52. The first-order valence-corrected chi connectivity index (χ1v) is 11.2. The summed E-state index contributed by atoms with van der Waals surface area (Å²) in [6, 6.07) is 12.7. The standard InChI is InChI=1S/C17H14O4S4.Na.H/c1-10-4-3-5-12(8-10)16-15(17(22)24-23-16)11-6-7-13(21-2)14(9-11)25(18,19)20;;/h3-9H,1-2H3,(H,18,19,20);;. The van der Waals surface area contributed by atoms with Crippen molar-refractivity contribution in [2.24, 2.45) is 0 Å². The van der Waals surface area contributed by atoms with E-state index in [4.69, 9.17) is 17.0 Å². The normalized spacial score (nSPS) is 11.0.